The summed E-state index contributed by atoms with van der Waals surface area (Å²) in [5, 5.41) is 29.8. The van der Waals surface area contributed by atoms with Crippen LogP contribution in [0, 0.1) is 17.1 Å². The Hall–Kier alpha value is -2.95. The first-order valence-corrected chi connectivity index (χ1v) is 7.03. The van der Waals surface area contributed by atoms with Crippen molar-refractivity contribution in [3.63, 3.8) is 0 Å². The van der Waals surface area contributed by atoms with E-state index in [-0.39, 0.29) is 23.5 Å². The van der Waals surface area contributed by atoms with Crippen LogP contribution in [0.2, 0.25) is 0 Å². The second-order valence-electron chi connectivity index (χ2n) is 4.90. The van der Waals surface area contributed by atoms with Gasteiger partial charge in [-0.05, 0) is 36.4 Å². The number of halogens is 1. The van der Waals surface area contributed by atoms with Gasteiger partial charge in [-0.2, -0.15) is 5.26 Å². The van der Waals surface area contributed by atoms with Gasteiger partial charge in [-0.1, -0.05) is 0 Å². The number of aliphatic hydroxyl groups excluding tert-OH is 2. The number of amides is 1. The molecule has 0 bridgehead atoms. The van der Waals surface area contributed by atoms with Crippen molar-refractivity contribution in [1.82, 2.24) is 0 Å². The van der Waals surface area contributed by atoms with Crippen LogP contribution in [0.5, 0.6) is 5.75 Å². The SMILES string of the molecule is N#Cc1ccc(NC(=O)COc2c(CO)cc(F)cc2CO)cc1. The number of carbonyl (C=O) groups is 1. The number of nitrogens with zero attached hydrogens (tertiary/aromatic N) is 1. The number of rotatable bonds is 6. The van der Waals surface area contributed by atoms with Crippen LogP contribution in [0.15, 0.2) is 36.4 Å². The molecule has 1 amide bonds. The van der Waals surface area contributed by atoms with Gasteiger partial charge in [0, 0.05) is 16.8 Å². The molecule has 0 saturated heterocycles. The molecular formula is C17H15FN2O4. The zero-order valence-corrected chi connectivity index (χ0v) is 12.6. The van der Waals surface area contributed by atoms with Crippen LogP contribution in [0.4, 0.5) is 10.1 Å². The van der Waals surface area contributed by atoms with Crippen molar-refractivity contribution < 1.29 is 24.1 Å². The highest BCUT2D eigenvalue weighted by atomic mass is 19.1. The molecule has 0 spiro atoms. The minimum atomic E-state index is -0.613. The second-order valence-corrected chi connectivity index (χ2v) is 4.90. The summed E-state index contributed by atoms with van der Waals surface area (Å²) in [6, 6.07) is 10.4. The Morgan fingerprint density at radius 3 is 2.25 bits per heavy atom. The topological polar surface area (TPSA) is 103 Å². The summed E-state index contributed by atoms with van der Waals surface area (Å²) in [5.74, 6) is -1.01. The maximum Gasteiger partial charge on any atom is 0.262 e. The predicted octanol–water partition coefficient (Wildman–Crippen LogP) is 1.70. The lowest BCUT2D eigenvalue weighted by atomic mass is 10.1. The Bertz CT molecular complexity index is 744. The number of hydrogen-bond acceptors (Lipinski definition) is 5. The van der Waals surface area contributed by atoms with E-state index in [4.69, 9.17) is 10.00 Å². The number of nitrogens with one attached hydrogen (secondary N) is 1. The van der Waals surface area contributed by atoms with Crippen molar-refractivity contribution in [1.29, 1.82) is 5.26 Å². The molecule has 0 aliphatic rings. The largest absolute Gasteiger partial charge is 0.483 e. The Labute approximate surface area is 137 Å². The minimum absolute atomic E-state index is 0.0800. The molecule has 7 heteroatoms. The molecule has 2 aromatic carbocycles. The smallest absolute Gasteiger partial charge is 0.262 e. The Kier molecular flexibility index (Phi) is 5.84. The molecule has 2 aromatic rings. The molecule has 0 aliphatic heterocycles. The molecule has 0 heterocycles. The van der Waals surface area contributed by atoms with Gasteiger partial charge in [-0.3, -0.25) is 4.79 Å². The fourth-order valence-electron chi connectivity index (χ4n) is 2.10. The highest BCUT2D eigenvalue weighted by Crippen LogP contribution is 2.26. The average molecular weight is 330 g/mol. The molecule has 0 saturated carbocycles. The maximum atomic E-state index is 13.3. The van der Waals surface area contributed by atoms with E-state index < -0.39 is 24.9 Å². The van der Waals surface area contributed by atoms with Crippen molar-refractivity contribution in [2.24, 2.45) is 0 Å². The quantitative estimate of drug-likeness (QED) is 0.748. The van der Waals surface area contributed by atoms with E-state index in [2.05, 4.69) is 5.32 Å². The molecule has 124 valence electrons. The Balaban J connectivity index is 2.04. The summed E-state index contributed by atoms with van der Waals surface area (Å²) in [5.41, 5.74) is 1.25. The molecule has 24 heavy (non-hydrogen) atoms. The lowest BCUT2D eigenvalue weighted by Gasteiger charge is -2.14. The van der Waals surface area contributed by atoms with Crippen molar-refractivity contribution in [3.8, 4) is 11.8 Å². The normalized spacial score (nSPS) is 10.1. The third-order valence-electron chi connectivity index (χ3n) is 3.19. The number of anilines is 1. The number of hydrogen-bond donors (Lipinski definition) is 3. The van der Waals surface area contributed by atoms with Gasteiger partial charge in [0.1, 0.15) is 11.6 Å². The van der Waals surface area contributed by atoms with Crippen LogP contribution < -0.4 is 10.1 Å². The second kappa shape index (κ2) is 8.06. The minimum Gasteiger partial charge on any atom is -0.483 e. The molecule has 0 unspecified atom stereocenters. The van der Waals surface area contributed by atoms with E-state index in [1.807, 2.05) is 6.07 Å². The first-order chi connectivity index (χ1) is 11.6. The van der Waals surface area contributed by atoms with Gasteiger partial charge in [-0.25, -0.2) is 4.39 Å². The summed E-state index contributed by atoms with van der Waals surface area (Å²) in [7, 11) is 0. The van der Waals surface area contributed by atoms with Gasteiger partial charge in [0.15, 0.2) is 6.61 Å². The molecular weight excluding hydrogens is 315 g/mol. The summed E-state index contributed by atoms with van der Waals surface area (Å²) in [6.07, 6.45) is 0. The number of aliphatic hydroxyl groups is 2. The van der Waals surface area contributed by atoms with Crippen molar-refractivity contribution in [2.75, 3.05) is 11.9 Å². The molecule has 6 nitrogen and oxygen atoms in total. The first kappa shape index (κ1) is 17.4. The standard InChI is InChI=1S/C17H15FN2O4/c18-14-5-12(8-21)17(13(6-14)9-22)24-10-16(23)20-15-3-1-11(7-19)2-4-15/h1-6,21-22H,8-10H2,(H,20,23). The number of benzene rings is 2. The van der Waals surface area contributed by atoms with Gasteiger partial charge in [0.2, 0.25) is 0 Å². The van der Waals surface area contributed by atoms with Crippen LogP contribution in [-0.2, 0) is 18.0 Å². The van der Waals surface area contributed by atoms with Crippen LogP contribution >= 0.6 is 0 Å². The zero-order chi connectivity index (χ0) is 17.5. The van der Waals surface area contributed by atoms with E-state index in [1.54, 1.807) is 24.3 Å². The molecule has 0 fully saturated rings. The third-order valence-corrected chi connectivity index (χ3v) is 3.19. The van der Waals surface area contributed by atoms with Crippen LogP contribution in [-0.4, -0.2) is 22.7 Å². The summed E-state index contributed by atoms with van der Waals surface area (Å²) >= 11 is 0. The number of nitriles is 1. The first-order valence-electron chi connectivity index (χ1n) is 7.03. The van der Waals surface area contributed by atoms with Crippen LogP contribution in [0.25, 0.3) is 0 Å². The Morgan fingerprint density at radius 2 is 1.75 bits per heavy atom. The molecule has 3 N–H and O–H groups in total. The van der Waals surface area contributed by atoms with E-state index in [0.717, 1.165) is 12.1 Å². The van der Waals surface area contributed by atoms with Crippen LogP contribution in [0.1, 0.15) is 16.7 Å². The Morgan fingerprint density at radius 1 is 1.17 bits per heavy atom. The van der Waals surface area contributed by atoms with Gasteiger partial charge in [-0.15, -0.1) is 0 Å². The monoisotopic (exact) mass is 330 g/mol. The summed E-state index contributed by atoms with van der Waals surface area (Å²) < 4.78 is 18.7. The zero-order valence-electron chi connectivity index (χ0n) is 12.6. The van der Waals surface area contributed by atoms with Crippen molar-refractivity contribution >= 4 is 11.6 Å². The fourth-order valence-corrected chi connectivity index (χ4v) is 2.10. The maximum absolute atomic E-state index is 13.3. The lowest BCUT2D eigenvalue weighted by Crippen LogP contribution is -2.21. The van der Waals surface area contributed by atoms with Crippen molar-refractivity contribution in [2.45, 2.75) is 13.2 Å². The van der Waals surface area contributed by atoms with Crippen molar-refractivity contribution in [3.05, 3.63) is 58.9 Å². The highest BCUT2D eigenvalue weighted by molar-refractivity contribution is 5.91. The number of ether oxygens (including phenoxy) is 1. The predicted molar refractivity (Wildman–Crippen MR) is 83.5 cm³/mol. The van der Waals surface area contributed by atoms with E-state index in [1.165, 1.54) is 0 Å². The van der Waals surface area contributed by atoms with E-state index >= 15 is 0 Å². The van der Waals surface area contributed by atoms with Gasteiger partial charge >= 0.3 is 0 Å². The van der Waals surface area contributed by atoms with Gasteiger partial charge in [0.05, 0.1) is 24.8 Å². The average Bonchev–Trinajstić information content (AvgIpc) is 2.60. The molecule has 2 rings (SSSR count). The highest BCUT2D eigenvalue weighted by Gasteiger charge is 2.13. The number of carbonyl (C=O) groups excluding carboxylic acids is 1. The summed E-state index contributed by atoms with van der Waals surface area (Å²) in [6.45, 7) is -1.36. The third kappa shape index (κ3) is 4.29. The summed E-state index contributed by atoms with van der Waals surface area (Å²) in [4.78, 5) is 11.9. The van der Waals surface area contributed by atoms with Gasteiger partial charge in [0.25, 0.3) is 5.91 Å². The lowest BCUT2D eigenvalue weighted by molar-refractivity contribution is -0.118. The molecule has 0 aromatic heterocycles. The van der Waals surface area contributed by atoms with Gasteiger partial charge < -0.3 is 20.3 Å². The molecule has 0 atom stereocenters. The molecule has 0 aliphatic carbocycles. The molecule has 0 radical (unpaired) electrons. The van der Waals surface area contributed by atoms with E-state index in [0.29, 0.717) is 11.3 Å². The fraction of sp³-hybridized carbons (Fsp3) is 0.176. The van der Waals surface area contributed by atoms with Crippen LogP contribution in [0.3, 0.4) is 0 Å². The van der Waals surface area contributed by atoms with E-state index in [9.17, 15) is 19.4 Å².